The molecule has 354 valence electrons. The fourth-order valence-electron chi connectivity index (χ4n) is 8.00. The average molecular weight is 862 g/mol. The maximum absolute atomic E-state index is 13.1. The molecule has 60 heavy (non-hydrogen) atoms. The lowest BCUT2D eigenvalue weighted by molar-refractivity contribution is -0.359. The molecule has 2 saturated heterocycles. The Balaban J connectivity index is 1.89. The maximum atomic E-state index is 13.1. The average Bonchev–Trinajstić information content (AvgIpc) is 3.24. The molecule has 2 rings (SSSR count). The molecule has 14 nitrogen and oxygen atoms in total. The number of hydrogen-bond donors (Lipinski definition) is 9. The summed E-state index contributed by atoms with van der Waals surface area (Å²) in [5.74, 6) is -0.240. The minimum atomic E-state index is -1.78. The van der Waals surface area contributed by atoms with Crippen LogP contribution in [-0.4, -0.2) is 140 Å². The molecule has 1 amide bonds. The van der Waals surface area contributed by atoms with Crippen LogP contribution in [-0.2, 0) is 23.7 Å². The largest absolute Gasteiger partial charge is 0.394 e. The van der Waals surface area contributed by atoms with E-state index in [0.29, 0.717) is 6.42 Å². The molecule has 0 saturated carbocycles. The number of hydrogen-bond acceptors (Lipinski definition) is 13. The van der Waals surface area contributed by atoms with E-state index in [1.807, 2.05) is 6.08 Å². The molecule has 0 aromatic carbocycles. The highest BCUT2D eigenvalue weighted by atomic mass is 16.7. The Labute approximate surface area is 361 Å². The van der Waals surface area contributed by atoms with Crippen molar-refractivity contribution in [2.24, 2.45) is 0 Å². The SMILES string of the molecule is CCCCCCCCCCCCC/C=C/[C@H](O)[C@H](CO[C@@H]1O[C@H](CO)[C@@H](O[C@@H]2O[C@H](CO)[C@H](O)[C@H](O)[C@H]2O)[C@H](O)[C@H]1O)NC(=O)CCCCCCCCCCCCCCC. The Hall–Kier alpha value is -1.27. The zero-order valence-electron chi connectivity index (χ0n) is 37.2. The first-order valence-corrected chi connectivity index (χ1v) is 23.9. The number of allylic oxidation sites excluding steroid dienone is 1. The minimum absolute atomic E-state index is 0.240. The molecular formula is C46H87NO13. The highest BCUT2D eigenvalue weighted by Gasteiger charge is 2.51. The first-order chi connectivity index (χ1) is 29.1. The van der Waals surface area contributed by atoms with Crippen LogP contribution in [0, 0.1) is 0 Å². The van der Waals surface area contributed by atoms with Gasteiger partial charge in [-0.3, -0.25) is 4.79 Å². The van der Waals surface area contributed by atoms with E-state index in [2.05, 4.69) is 19.2 Å². The molecular weight excluding hydrogens is 774 g/mol. The maximum Gasteiger partial charge on any atom is 0.220 e. The van der Waals surface area contributed by atoms with E-state index in [4.69, 9.17) is 18.9 Å². The molecule has 0 aliphatic carbocycles. The van der Waals surface area contributed by atoms with Crippen molar-refractivity contribution in [3.8, 4) is 0 Å². The van der Waals surface area contributed by atoms with E-state index < -0.39 is 86.8 Å². The number of nitrogens with one attached hydrogen (secondary N) is 1. The van der Waals surface area contributed by atoms with Gasteiger partial charge in [0.1, 0.15) is 48.8 Å². The lowest BCUT2D eigenvalue weighted by Gasteiger charge is -2.46. The van der Waals surface area contributed by atoms with Crippen LogP contribution in [0.4, 0.5) is 0 Å². The van der Waals surface area contributed by atoms with Gasteiger partial charge in [-0.05, 0) is 19.3 Å². The molecule has 2 aliphatic heterocycles. The Bertz CT molecular complexity index is 1070. The molecule has 0 spiro atoms. The van der Waals surface area contributed by atoms with Gasteiger partial charge in [-0.15, -0.1) is 0 Å². The number of carbonyl (C=O) groups is 1. The molecule has 14 heteroatoms. The fraction of sp³-hybridized carbons (Fsp3) is 0.935. The zero-order chi connectivity index (χ0) is 44.0. The minimum Gasteiger partial charge on any atom is -0.394 e. The second kappa shape index (κ2) is 34.2. The van der Waals surface area contributed by atoms with Gasteiger partial charge in [0.05, 0.1) is 32.0 Å². The Morgan fingerprint density at radius 3 is 1.53 bits per heavy atom. The van der Waals surface area contributed by atoms with E-state index >= 15 is 0 Å². The molecule has 0 bridgehead atoms. The fourth-order valence-corrected chi connectivity index (χ4v) is 8.00. The van der Waals surface area contributed by atoms with Crippen molar-refractivity contribution in [3.05, 3.63) is 12.2 Å². The Morgan fingerprint density at radius 2 is 1.03 bits per heavy atom. The van der Waals surface area contributed by atoms with Crippen molar-refractivity contribution < 1.29 is 64.6 Å². The smallest absolute Gasteiger partial charge is 0.220 e. The van der Waals surface area contributed by atoms with Crippen LogP contribution in [0.25, 0.3) is 0 Å². The number of unbranched alkanes of at least 4 members (excludes halogenated alkanes) is 23. The van der Waals surface area contributed by atoms with Gasteiger partial charge in [0.15, 0.2) is 12.6 Å². The summed E-state index contributed by atoms with van der Waals surface area (Å²) in [7, 11) is 0. The van der Waals surface area contributed by atoms with E-state index in [1.54, 1.807) is 6.08 Å². The summed E-state index contributed by atoms with van der Waals surface area (Å²) in [4.78, 5) is 13.1. The van der Waals surface area contributed by atoms with Gasteiger partial charge >= 0.3 is 0 Å². The van der Waals surface area contributed by atoms with Crippen LogP contribution >= 0.6 is 0 Å². The number of rotatable bonds is 36. The van der Waals surface area contributed by atoms with E-state index in [0.717, 1.165) is 38.5 Å². The molecule has 2 heterocycles. The number of amides is 1. The highest BCUT2D eigenvalue weighted by molar-refractivity contribution is 5.76. The van der Waals surface area contributed by atoms with Gasteiger partial charge in [-0.1, -0.05) is 167 Å². The van der Waals surface area contributed by atoms with Crippen LogP contribution in [0.1, 0.15) is 181 Å². The standard InChI is InChI=1S/C46H87NO13/c1-3-5-7-9-11-13-15-17-19-21-23-25-27-29-35(50)34(47-38(51)30-28-26-24-22-20-18-16-14-12-10-8-6-4-2)33-57-45-43(56)41(54)44(37(32-49)59-45)60-46-42(55)40(53)39(52)36(31-48)58-46/h27,29,34-37,39-46,48-50,52-56H,3-26,28,30-33H2,1-2H3,(H,47,51)/b29-27+/t34-,35-,36+,37+,39-,40-,41+,42+,43+,44+,45+,46-/m0/s1. The van der Waals surface area contributed by atoms with E-state index in [1.165, 1.54) is 116 Å². The summed E-state index contributed by atoms with van der Waals surface area (Å²) in [6.07, 6.45) is 16.8. The van der Waals surface area contributed by atoms with E-state index in [9.17, 15) is 45.6 Å². The van der Waals surface area contributed by atoms with Crippen molar-refractivity contribution in [3.63, 3.8) is 0 Å². The summed E-state index contributed by atoms with van der Waals surface area (Å²) in [6, 6.07) is -0.906. The van der Waals surface area contributed by atoms with Gasteiger partial charge < -0.3 is 65.1 Å². The molecule has 0 unspecified atom stereocenters. The Morgan fingerprint density at radius 1 is 0.583 bits per heavy atom. The molecule has 2 fully saturated rings. The third-order valence-corrected chi connectivity index (χ3v) is 12.0. The number of carbonyl (C=O) groups excluding carboxylic acids is 1. The summed E-state index contributed by atoms with van der Waals surface area (Å²) < 4.78 is 22.6. The number of aliphatic hydroxyl groups excluding tert-OH is 8. The third-order valence-electron chi connectivity index (χ3n) is 12.0. The molecule has 0 aromatic heterocycles. The van der Waals surface area contributed by atoms with Gasteiger partial charge in [0.2, 0.25) is 5.91 Å². The van der Waals surface area contributed by atoms with Crippen LogP contribution in [0.2, 0.25) is 0 Å². The second-order valence-electron chi connectivity index (χ2n) is 17.2. The highest BCUT2D eigenvalue weighted by Crippen LogP contribution is 2.30. The Kier molecular flexibility index (Phi) is 31.3. The predicted octanol–water partition coefficient (Wildman–Crippen LogP) is 5.21. The van der Waals surface area contributed by atoms with Crippen LogP contribution < -0.4 is 5.32 Å². The van der Waals surface area contributed by atoms with E-state index in [-0.39, 0.29) is 18.9 Å². The predicted molar refractivity (Wildman–Crippen MR) is 231 cm³/mol. The lowest BCUT2D eigenvalue weighted by Crippen LogP contribution is -2.65. The lowest BCUT2D eigenvalue weighted by atomic mass is 9.97. The molecule has 12 atom stereocenters. The zero-order valence-corrected chi connectivity index (χ0v) is 37.2. The topological polar surface area (TPSA) is 228 Å². The molecule has 0 aromatic rings. The summed E-state index contributed by atoms with van der Waals surface area (Å²) in [5, 5.41) is 86.5. The van der Waals surface area contributed by atoms with Gasteiger partial charge in [-0.2, -0.15) is 0 Å². The van der Waals surface area contributed by atoms with Crippen molar-refractivity contribution in [1.82, 2.24) is 5.32 Å². The van der Waals surface area contributed by atoms with Crippen molar-refractivity contribution in [1.29, 1.82) is 0 Å². The van der Waals surface area contributed by atoms with Crippen LogP contribution in [0.3, 0.4) is 0 Å². The third kappa shape index (κ3) is 21.9. The normalized spacial score (nSPS) is 28.3. The molecule has 9 N–H and O–H groups in total. The molecule has 2 aliphatic rings. The van der Waals surface area contributed by atoms with Crippen molar-refractivity contribution in [2.45, 2.75) is 254 Å². The van der Waals surface area contributed by atoms with Crippen LogP contribution in [0.5, 0.6) is 0 Å². The monoisotopic (exact) mass is 862 g/mol. The second-order valence-corrected chi connectivity index (χ2v) is 17.2. The first kappa shape index (κ1) is 54.9. The summed E-state index contributed by atoms with van der Waals surface area (Å²) in [5.41, 5.74) is 0. The number of ether oxygens (including phenoxy) is 4. The van der Waals surface area contributed by atoms with Gasteiger partial charge in [0.25, 0.3) is 0 Å². The first-order valence-electron chi connectivity index (χ1n) is 23.9. The quantitative estimate of drug-likeness (QED) is 0.0292. The van der Waals surface area contributed by atoms with Crippen molar-refractivity contribution in [2.75, 3.05) is 19.8 Å². The van der Waals surface area contributed by atoms with Gasteiger partial charge in [-0.25, -0.2) is 0 Å². The van der Waals surface area contributed by atoms with Crippen molar-refractivity contribution >= 4 is 5.91 Å². The number of aliphatic hydroxyl groups is 8. The van der Waals surface area contributed by atoms with Gasteiger partial charge in [0, 0.05) is 6.42 Å². The molecule has 0 radical (unpaired) electrons. The summed E-state index contributed by atoms with van der Waals surface area (Å²) in [6.45, 7) is 2.77. The summed E-state index contributed by atoms with van der Waals surface area (Å²) >= 11 is 0. The van der Waals surface area contributed by atoms with Crippen LogP contribution in [0.15, 0.2) is 12.2 Å².